The first-order valence-corrected chi connectivity index (χ1v) is 20.1. The Morgan fingerprint density at radius 3 is 1.17 bits per heavy atom. The minimum Gasteiger partial charge on any atom is -0.303 e. The fourth-order valence-electron chi connectivity index (χ4n) is 5.44. The first kappa shape index (κ1) is 48.4. The molecule has 2 atom stereocenters. The third kappa shape index (κ3) is 26.8. The van der Waals surface area contributed by atoms with Gasteiger partial charge in [0.2, 0.25) is 0 Å². The van der Waals surface area contributed by atoms with E-state index < -0.39 is 31.3 Å². The Hall–Kier alpha value is -0.680. The largest absolute Gasteiger partial charge is 0.522 e. The predicted octanol–water partition coefficient (Wildman–Crippen LogP) is 9.34. The van der Waals surface area contributed by atoms with Crippen LogP contribution in [0.1, 0.15) is 137 Å². The summed E-state index contributed by atoms with van der Waals surface area (Å²) in [4.78, 5) is 5.37. The van der Waals surface area contributed by atoms with Gasteiger partial charge in [0.1, 0.15) is 0 Å². The second kappa shape index (κ2) is 26.2. The van der Waals surface area contributed by atoms with Crippen molar-refractivity contribution in [3.8, 4) is 0 Å². The molecule has 0 saturated carbocycles. The molecule has 47 heavy (non-hydrogen) atoms. The molecule has 16 heteroatoms. The zero-order valence-corrected chi connectivity index (χ0v) is 30.6. The molecule has 2 saturated heterocycles. The molecular weight excluding hydrogens is 674 g/mol. The number of rotatable bonds is 17. The fraction of sp³-hybridized carbons (Fsp3) is 1.00. The Morgan fingerprint density at radius 1 is 0.553 bits per heavy atom. The van der Waals surface area contributed by atoms with Gasteiger partial charge < -0.3 is 9.80 Å². The molecule has 286 valence electrons. The summed E-state index contributed by atoms with van der Waals surface area (Å²) < 4.78 is 115. The number of unbranched alkanes of at least 4 members (excludes halogenated alkanes) is 10. The van der Waals surface area contributed by atoms with E-state index in [0.717, 1.165) is 11.8 Å². The van der Waals surface area contributed by atoms with Crippen molar-refractivity contribution in [2.45, 2.75) is 148 Å². The van der Waals surface area contributed by atoms with E-state index in [9.17, 15) is 26.3 Å². The third-order valence-corrected chi connectivity index (χ3v) is 9.42. The van der Waals surface area contributed by atoms with Gasteiger partial charge in [0.15, 0.2) is 0 Å². The van der Waals surface area contributed by atoms with Crippen LogP contribution in [0.4, 0.5) is 26.3 Å². The maximum Gasteiger partial charge on any atom is 0.522 e. The van der Waals surface area contributed by atoms with E-state index in [0.29, 0.717) is 0 Å². The molecule has 0 aromatic carbocycles. The summed E-state index contributed by atoms with van der Waals surface area (Å²) in [5, 5.41) is 0. The molecule has 0 spiro atoms. The third-order valence-electron chi connectivity index (χ3n) is 8.25. The maximum atomic E-state index is 10.7. The molecule has 2 rings (SSSR count). The summed E-state index contributed by atoms with van der Waals surface area (Å²) in [6.45, 7) is 17.5. The highest BCUT2D eigenvalue weighted by molar-refractivity contribution is 7.86. The van der Waals surface area contributed by atoms with E-state index in [1.807, 2.05) is 0 Å². The van der Waals surface area contributed by atoms with E-state index in [1.54, 1.807) is 0 Å². The fourth-order valence-corrected chi connectivity index (χ4v) is 5.44. The number of hydrogen-bond donors (Lipinski definition) is 2. The lowest BCUT2D eigenvalue weighted by molar-refractivity contribution is -0.0514. The van der Waals surface area contributed by atoms with E-state index >= 15 is 0 Å². The maximum absolute atomic E-state index is 10.7. The Bertz CT molecular complexity index is 925. The van der Waals surface area contributed by atoms with Crippen molar-refractivity contribution >= 4 is 20.2 Å². The van der Waals surface area contributed by atoms with Gasteiger partial charge in [-0.25, -0.2) is 0 Å². The van der Waals surface area contributed by atoms with Gasteiger partial charge in [-0.05, 0) is 70.1 Å². The van der Waals surface area contributed by atoms with E-state index in [-0.39, 0.29) is 0 Å². The average Bonchev–Trinajstić information content (AvgIpc) is 3.61. The summed E-state index contributed by atoms with van der Waals surface area (Å²) in [5.74, 6) is 2.02. The smallest absolute Gasteiger partial charge is 0.303 e. The SMILES string of the molecule is CCCCCCCCN1CCC(CC)C1.CCCCCCCCN1CCC(CCC)C1.O=S(=O)(O)C(F)(F)F.O=S(=O)(O)C(F)(F)F. The molecule has 2 unspecified atom stereocenters. The monoisotopic (exact) mass is 736 g/mol. The molecule has 8 nitrogen and oxygen atoms in total. The Kier molecular flexibility index (Phi) is 27.0. The first-order chi connectivity index (χ1) is 21.7. The van der Waals surface area contributed by atoms with Gasteiger partial charge in [0.25, 0.3) is 0 Å². The number of halogens is 6. The highest BCUT2D eigenvalue weighted by atomic mass is 32.2. The van der Waals surface area contributed by atoms with Crippen LogP contribution in [0.25, 0.3) is 0 Å². The molecule has 0 bridgehead atoms. The Balaban J connectivity index is 0. The van der Waals surface area contributed by atoms with Gasteiger partial charge in [-0.3, -0.25) is 9.11 Å². The molecule has 0 aromatic rings. The second-order valence-electron chi connectivity index (χ2n) is 12.5. The van der Waals surface area contributed by atoms with Crippen molar-refractivity contribution in [3.63, 3.8) is 0 Å². The van der Waals surface area contributed by atoms with Crippen LogP contribution in [-0.4, -0.2) is 86.0 Å². The molecule has 2 aliphatic heterocycles. The summed E-state index contributed by atoms with van der Waals surface area (Å²) in [5.41, 5.74) is -11.1. The van der Waals surface area contributed by atoms with Gasteiger partial charge in [-0.1, -0.05) is 105 Å². The van der Waals surface area contributed by atoms with Crippen LogP contribution in [0.15, 0.2) is 0 Å². The van der Waals surface area contributed by atoms with Gasteiger partial charge in [-0.2, -0.15) is 43.2 Å². The quantitative estimate of drug-likeness (QED) is 0.0657. The predicted molar refractivity (Wildman–Crippen MR) is 176 cm³/mol. The van der Waals surface area contributed by atoms with Crippen LogP contribution >= 0.6 is 0 Å². The van der Waals surface area contributed by atoms with Gasteiger partial charge in [0.05, 0.1) is 0 Å². The van der Waals surface area contributed by atoms with Crippen molar-refractivity contribution in [1.29, 1.82) is 0 Å². The molecule has 0 aromatic heterocycles. The first-order valence-electron chi connectivity index (χ1n) is 17.2. The Morgan fingerprint density at radius 2 is 0.872 bits per heavy atom. The molecule has 0 radical (unpaired) electrons. The minimum absolute atomic E-state index is 1.00. The molecule has 2 fully saturated rings. The van der Waals surface area contributed by atoms with Gasteiger partial charge >= 0.3 is 31.3 Å². The summed E-state index contributed by atoms with van der Waals surface area (Å²) in [7, 11) is -11.7. The van der Waals surface area contributed by atoms with Crippen LogP contribution in [0.5, 0.6) is 0 Å². The molecule has 0 amide bonds. The second-order valence-corrected chi connectivity index (χ2v) is 15.3. The van der Waals surface area contributed by atoms with Crippen LogP contribution in [0.2, 0.25) is 0 Å². The Labute approximate surface area is 280 Å². The number of nitrogens with zero attached hydrogens (tertiary/aromatic N) is 2. The minimum atomic E-state index is -5.84. The zero-order chi connectivity index (χ0) is 36.6. The summed E-state index contributed by atoms with van der Waals surface area (Å²) in [6.07, 6.45) is 24.3. The molecular formula is C31H62F6N2O6S2. The number of likely N-dealkylation sites (tertiary alicyclic amines) is 2. The zero-order valence-electron chi connectivity index (χ0n) is 28.9. The van der Waals surface area contributed by atoms with Gasteiger partial charge in [-0.15, -0.1) is 0 Å². The van der Waals surface area contributed by atoms with Crippen molar-refractivity contribution in [2.75, 3.05) is 39.3 Å². The van der Waals surface area contributed by atoms with Gasteiger partial charge in [0, 0.05) is 13.1 Å². The normalized spacial score (nSPS) is 19.3. The van der Waals surface area contributed by atoms with Crippen LogP contribution in [-0.2, 0) is 20.2 Å². The standard InChI is InChI=1S/C15H31N.C14H29N.2CHF3O3S/c1-3-5-6-7-8-9-12-16-13-11-15(14-16)10-4-2;1-3-5-6-7-8-9-11-15-12-10-14(4-2)13-15;2*2-1(3,4)8(5,6)7/h15H,3-14H2,1-2H3;14H,3-13H2,1-2H3;2*(H,5,6,7). The average molecular weight is 737 g/mol. The molecule has 0 aliphatic carbocycles. The van der Waals surface area contributed by atoms with E-state index in [4.69, 9.17) is 25.9 Å². The lowest BCUT2D eigenvalue weighted by Gasteiger charge is -2.15. The molecule has 2 aliphatic rings. The van der Waals surface area contributed by atoms with E-state index in [1.165, 1.54) is 148 Å². The van der Waals surface area contributed by atoms with Crippen molar-refractivity contribution < 1.29 is 52.3 Å². The van der Waals surface area contributed by atoms with Crippen molar-refractivity contribution in [1.82, 2.24) is 9.80 Å². The lowest BCUT2D eigenvalue weighted by atomic mass is 10.0. The highest BCUT2D eigenvalue weighted by Gasteiger charge is 2.45. The number of alkyl halides is 6. The summed E-state index contributed by atoms with van der Waals surface area (Å²) in [6, 6.07) is 0. The van der Waals surface area contributed by atoms with E-state index in [2.05, 4.69) is 37.5 Å². The number of hydrogen-bond acceptors (Lipinski definition) is 6. The van der Waals surface area contributed by atoms with Crippen LogP contribution in [0, 0.1) is 11.8 Å². The van der Waals surface area contributed by atoms with Crippen molar-refractivity contribution in [2.24, 2.45) is 11.8 Å². The lowest BCUT2D eigenvalue weighted by Crippen LogP contribution is -2.21. The summed E-state index contributed by atoms with van der Waals surface area (Å²) >= 11 is 0. The van der Waals surface area contributed by atoms with Crippen LogP contribution < -0.4 is 0 Å². The molecule has 2 heterocycles. The highest BCUT2D eigenvalue weighted by Crippen LogP contribution is 2.23. The molecule has 2 N–H and O–H groups in total. The van der Waals surface area contributed by atoms with Crippen molar-refractivity contribution in [3.05, 3.63) is 0 Å². The van der Waals surface area contributed by atoms with Crippen LogP contribution in [0.3, 0.4) is 0 Å². The topological polar surface area (TPSA) is 115 Å².